The van der Waals surface area contributed by atoms with Crippen LogP contribution in [0.15, 0.2) is 82.5 Å². The number of nitrogens with zero attached hydrogens (tertiary/aromatic N) is 5. The normalized spacial score (nSPS) is 20.3. The standard InChI is InChI=1S/C31H40N6O2/c1-6-36(7-2)31(39)26-10-8-24(9-11-26)25-13-17-35(18-14-25)22-28-20-23(3)29(12-16-33-34(28)5)37-19-15-27(32-4)21-30(37)38/h8-12,15-16,19-21,25,32H,3,6-7,13-14,17-18,22H2,1-2,4-5H3/b28-20-,29-12+,33-16-. The van der Waals surface area contributed by atoms with Crippen LogP contribution in [0.4, 0.5) is 5.69 Å². The smallest absolute Gasteiger partial charge is 0.257 e. The van der Waals surface area contributed by atoms with Gasteiger partial charge in [0.2, 0.25) is 0 Å². The van der Waals surface area contributed by atoms with Gasteiger partial charge in [-0.15, -0.1) is 0 Å². The van der Waals surface area contributed by atoms with Gasteiger partial charge in [0.05, 0.1) is 11.4 Å². The summed E-state index contributed by atoms with van der Waals surface area (Å²) in [6, 6.07) is 11.6. The third-order valence-corrected chi connectivity index (χ3v) is 7.68. The SMILES string of the molecule is C=C1/C=C(/CN2CCC(c3ccc(C(=O)N(CC)CC)cc3)CC2)N(C)/N=C\C=C/1n1ccc(NC)cc1=O. The summed E-state index contributed by atoms with van der Waals surface area (Å²) < 4.78 is 1.60. The Labute approximate surface area is 231 Å². The second-order valence-electron chi connectivity index (χ2n) is 10.0. The number of allylic oxidation sites excluding steroid dienone is 4. The highest BCUT2D eigenvalue weighted by molar-refractivity contribution is 5.94. The molecular formula is C31H40N6O2. The van der Waals surface area contributed by atoms with E-state index in [-0.39, 0.29) is 11.5 Å². The minimum absolute atomic E-state index is 0.0973. The minimum Gasteiger partial charge on any atom is -0.388 e. The van der Waals surface area contributed by atoms with E-state index in [0.29, 0.717) is 11.6 Å². The molecule has 0 spiro atoms. The summed E-state index contributed by atoms with van der Waals surface area (Å²) in [4.78, 5) is 29.6. The van der Waals surface area contributed by atoms with Crippen molar-refractivity contribution in [2.75, 3.05) is 52.1 Å². The minimum atomic E-state index is -0.126. The lowest BCUT2D eigenvalue weighted by Gasteiger charge is -2.34. The molecule has 8 heteroatoms. The zero-order valence-electron chi connectivity index (χ0n) is 23.6. The largest absolute Gasteiger partial charge is 0.388 e. The number of rotatable bonds is 8. The van der Waals surface area contributed by atoms with Crippen molar-refractivity contribution in [1.29, 1.82) is 0 Å². The average Bonchev–Trinajstić information content (AvgIpc) is 2.95. The number of carbonyl (C=O) groups excluding carboxylic acids is 1. The van der Waals surface area contributed by atoms with E-state index in [4.69, 9.17) is 0 Å². The topological polar surface area (TPSA) is 73.2 Å². The molecule has 1 aromatic heterocycles. The number of hydrogen-bond acceptors (Lipinski definition) is 6. The van der Waals surface area contributed by atoms with E-state index in [0.717, 1.165) is 68.1 Å². The number of aromatic nitrogens is 1. The first kappa shape index (κ1) is 28.1. The predicted molar refractivity (Wildman–Crippen MR) is 160 cm³/mol. The molecule has 2 aliphatic heterocycles. The van der Waals surface area contributed by atoms with E-state index in [9.17, 15) is 9.59 Å². The Balaban J connectivity index is 1.40. The molecule has 0 saturated carbocycles. The number of amides is 1. The summed E-state index contributed by atoms with van der Waals surface area (Å²) in [6.07, 6.45) is 9.44. The highest BCUT2D eigenvalue weighted by atomic mass is 16.2. The van der Waals surface area contributed by atoms with Crippen molar-refractivity contribution in [2.24, 2.45) is 5.10 Å². The summed E-state index contributed by atoms with van der Waals surface area (Å²) in [6.45, 7) is 12.4. The summed E-state index contributed by atoms with van der Waals surface area (Å²) in [5, 5.41) is 9.43. The van der Waals surface area contributed by atoms with Crippen LogP contribution in [0.5, 0.6) is 0 Å². The first-order valence-electron chi connectivity index (χ1n) is 13.7. The third kappa shape index (κ3) is 6.57. The number of nitrogens with one attached hydrogen (secondary N) is 1. The molecule has 4 rings (SSSR count). The molecule has 0 unspecified atom stereocenters. The van der Waals surface area contributed by atoms with Crippen LogP contribution < -0.4 is 10.9 Å². The first-order chi connectivity index (χ1) is 18.8. The van der Waals surface area contributed by atoms with Crippen LogP contribution >= 0.6 is 0 Å². The number of anilines is 1. The number of likely N-dealkylation sites (tertiary alicyclic amines) is 1. The Morgan fingerprint density at radius 1 is 1.13 bits per heavy atom. The van der Waals surface area contributed by atoms with Gasteiger partial charge in [0.25, 0.3) is 11.5 Å². The number of hydrogen-bond donors (Lipinski definition) is 1. The van der Waals surface area contributed by atoms with Gasteiger partial charge in [-0.3, -0.25) is 24.1 Å². The monoisotopic (exact) mass is 528 g/mol. The van der Waals surface area contributed by atoms with Crippen molar-refractivity contribution in [2.45, 2.75) is 32.6 Å². The maximum atomic E-state index is 12.7. The van der Waals surface area contributed by atoms with Crippen molar-refractivity contribution in [1.82, 2.24) is 19.4 Å². The Bertz CT molecular complexity index is 1330. The summed E-state index contributed by atoms with van der Waals surface area (Å²) >= 11 is 0. The molecule has 3 heterocycles. The predicted octanol–water partition coefficient (Wildman–Crippen LogP) is 4.46. The van der Waals surface area contributed by atoms with Gasteiger partial charge in [-0.05, 0) is 87.2 Å². The van der Waals surface area contributed by atoms with Crippen molar-refractivity contribution in [3.8, 4) is 0 Å². The molecule has 0 radical (unpaired) electrons. The van der Waals surface area contributed by atoms with Crippen LogP contribution in [-0.4, -0.2) is 78.3 Å². The van der Waals surface area contributed by atoms with Crippen LogP contribution in [0.3, 0.4) is 0 Å². The van der Waals surface area contributed by atoms with Crippen molar-refractivity contribution < 1.29 is 4.79 Å². The van der Waals surface area contributed by atoms with Crippen LogP contribution in [0.2, 0.25) is 0 Å². The number of piperidine rings is 1. The zero-order valence-corrected chi connectivity index (χ0v) is 23.6. The van der Waals surface area contributed by atoms with E-state index in [1.54, 1.807) is 30.1 Å². The fraction of sp³-hybridized carbons (Fsp3) is 0.387. The molecule has 0 aliphatic carbocycles. The Morgan fingerprint density at radius 3 is 2.44 bits per heavy atom. The molecule has 1 fully saturated rings. The van der Waals surface area contributed by atoms with Gasteiger partial charge in [-0.1, -0.05) is 18.7 Å². The molecule has 1 amide bonds. The van der Waals surface area contributed by atoms with Gasteiger partial charge in [0.1, 0.15) is 0 Å². The number of carbonyl (C=O) groups is 1. The molecule has 0 bridgehead atoms. The molecular weight excluding hydrogens is 488 g/mol. The Hall–Kier alpha value is -3.91. The van der Waals surface area contributed by atoms with Crippen LogP contribution in [-0.2, 0) is 0 Å². The van der Waals surface area contributed by atoms with E-state index in [1.165, 1.54) is 5.56 Å². The molecule has 1 saturated heterocycles. The summed E-state index contributed by atoms with van der Waals surface area (Å²) in [5.74, 6) is 0.581. The zero-order chi connectivity index (χ0) is 27.9. The molecule has 1 aromatic carbocycles. The second kappa shape index (κ2) is 12.8. The van der Waals surface area contributed by atoms with Crippen LogP contribution in [0.25, 0.3) is 5.70 Å². The molecule has 2 aliphatic rings. The Morgan fingerprint density at radius 2 is 1.82 bits per heavy atom. The van der Waals surface area contributed by atoms with E-state index >= 15 is 0 Å². The summed E-state index contributed by atoms with van der Waals surface area (Å²) in [7, 11) is 3.73. The van der Waals surface area contributed by atoms with E-state index < -0.39 is 0 Å². The highest BCUT2D eigenvalue weighted by Crippen LogP contribution is 2.29. The van der Waals surface area contributed by atoms with Gasteiger partial charge in [-0.2, -0.15) is 5.10 Å². The van der Waals surface area contributed by atoms with Crippen LogP contribution in [0.1, 0.15) is 48.5 Å². The number of pyridine rings is 1. The maximum Gasteiger partial charge on any atom is 0.257 e. The fourth-order valence-electron chi connectivity index (χ4n) is 5.21. The van der Waals surface area contributed by atoms with E-state index in [2.05, 4.69) is 34.0 Å². The third-order valence-electron chi connectivity index (χ3n) is 7.68. The number of benzene rings is 1. The molecule has 206 valence electrons. The average molecular weight is 529 g/mol. The van der Waals surface area contributed by atoms with Gasteiger partial charge in [0, 0.05) is 63.5 Å². The lowest BCUT2D eigenvalue weighted by atomic mass is 9.89. The maximum absolute atomic E-state index is 12.7. The van der Waals surface area contributed by atoms with Gasteiger partial charge < -0.3 is 10.2 Å². The van der Waals surface area contributed by atoms with Gasteiger partial charge >= 0.3 is 0 Å². The molecule has 1 N–H and O–H groups in total. The van der Waals surface area contributed by atoms with Crippen molar-refractivity contribution in [3.05, 3.63) is 94.1 Å². The lowest BCUT2D eigenvalue weighted by molar-refractivity contribution is 0.0773. The quantitative estimate of drug-likeness (QED) is 0.548. The van der Waals surface area contributed by atoms with E-state index in [1.807, 2.05) is 61.2 Å². The molecule has 39 heavy (non-hydrogen) atoms. The number of likely N-dealkylation sites (N-methyl/N-ethyl adjacent to an activating group) is 1. The molecule has 8 nitrogen and oxygen atoms in total. The second-order valence-corrected chi connectivity index (χ2v) is 10.0. The van der Waals surface area contributed by atoms with Gasteiger partial charge in [0.15, 0.2) is 0 Å². The molecule has 2 aromatic rings. The summed E-state index contributed by atoms with van der Waals surface area (Å²) in [5.41, 5.74) is 5.20. The molecule has 0 atom stereocenters. The van der Waals surface area contributed by atoms with Crippen molar-refractivity contribution in [3.63, 3.8) is 0 Å². The Kier molecular flexibility index (Phi) is 9.19. The first-order valence-corrected chi connectivity index (χ1v) is 13.7. The highest BCUT2D eigenvalue weighted by Gasteiger charge is 2.23. The lowest BCUT2D eigenvalue weighted by Crippen LogP contribution is -2.36. The van der Waals surface area contributed by atoms with Crippen LogP contribution in [0, 0.1) is 0 Å². The fourth-order valence-corrected chi connectivity index (χ4v) is 5.21. The van der Waals surface area contributed by atoms with Crippen molar-refractivity contribution >= 4 is 23.5 Å². The number of hydrazone groups is 1. The van der Waals surface area contributed by atoms with Gasteiger partial charge in [-0.25, -0.2) is 0 Å².